The van der Waals surface area contributed by atoms with Crippen LogP contribution in [0.15, 0.2) is 11.6 Å². The van der Waals surface area contributed by atoms with Crippen LogP contribution in [0.1, 0.15) is 0 Å². The molecule has 1 rings (SSSR count). The lowest BCUT2D eigenvalue weighted by atomic mass is 10.6. The van der Waals surface area contributed by atoms with Crippen LogP contribution in [-0.4, -0.2) is 22.1 Å². The van der Waals surface area contributed by atoms with Crippen LogP contribution in [0.4, 0.5) is 0 Å². The maximum atomic E-state index is 9.95. The molecule has 1 N–H and O–H groups in total. The van der Waals surface area contributed by atoms with E-state index in [1.54, 1.807) is 5.38 Å². The molecule has 0 spiro atoms. The van der Waals surface area contributed by atoms with Gasteiger partial charge in [-0.15, -0.1) is 0 Å². The minimum Gasteiger partial charge on any atom is -0.479 e. The average molecular weight is 159 g/mol. The summed E-state index contributed by atoms with van der Waals surface area (Å²) < 4.78 is 8.48. The van der Waals surface area contributed by atoms with E-state index < -0.39 is 5.97 Å². The van der Waals surface area contributed by atoms with E-state index in [9.17, 15) is 4.79 Å². The van der Waals surface area contributed by atoms with Crippen molar-refractivity contribution in [3.63, 3.8) is 0 Å². The number of aliphatic carboxylic acids is 1. The lowest BCUT2D eigenvalue weighted by molar-refractivity contribution is -0.139. The van der Waals surface area contributed by atoms with Crippen molar-refractivity contribution >= 4 is 17.5 Å². The molecule has 1 aromatic heterocycles. The maximum Gasteiger partial charge on any atom is 0.341 e. The van der Waals surface area contributed by atoms with Crippen molar-refractivity contribution in [3.05, 3.63) is 11.6 Å². The Morgan fingerprint density at radius 3 is 3.20 bits per heavy atom. The molecule has 0 radical (unpaired) electrons. The van der Waals surface area contributed by atoms with E-state index in [0.29, 0.717) is 5.75 Å². The molecule has 0 saturated carbocycles. The third-order valence-corrected chi connectivity index (χ3v) is 1.34. The van der Waals surface area contributed by atoms with Crippen molar-refractivity contribution in [3.8, 4) is 5.75 Å². The molecule has 0 bridgehead atoms. The van der Waals surface area contributed by atoms with E-state index >= 15 is 0 Å². The van der Waals surface area contributed by atoms with Gasteiger partial charge in [-0.2, -0.15) is 4.37 Å². The Morgan fingerprint density at radius 2 is 2.70 bits per heavy atom. The number of aromatic nitrogens is 1. The number of carboxylic acid groups (broad SMARTS) is 1. The zero-order valence-electron chi connectivity index (χ0n) is 4.98. The van der Waals surface area contributed by atoms with Crippen LogP contribution in [0.25, 0.3) is 0 Å². The van der Waals surface area contributed by atoms with Crippen LogP contribution < -0.4 is 4.74 Å². The lowest BCUT2D eigenvalue weighted by Crippen LogP contribution is -2.08. The van der Waals surface area contributed by atoms with Gasteiger partial charge >= 0.3 is 5.97 Å². The van der Waals surface area contributed by atoms with E-state index in [0.717, 1.165) is 0 Å². The van der Waals surface area contributed by atoms with Crippen LogP contribution >= 0.6 is 11.5 Å². The van der Waals surface area contributed by atoms with Gasteiger partial charge in [0, 0.05) is 0 Å². The summed E-state index contributed by atoms with van der Waals surface area (Å²) in [4.78, 5) is 9.95. The summed E-state index contributed by atoms with van der Waals surface area (Å²) in [5, 5.41) is 9.81. The average Bonchev–Trinajstić information content (AvgIpc) is 2.34. The Morgan fingerprint density at radius 1 is 1.90 bits per heavy atom. The second-order valence-corrected chi connectivity index (χ2v) is 2.20. The molecule has 0 aliphatic carbocycles. The summed E-state index contributed by atoms with van der Waals surface area (Å²) in [5.41, 5.74) is 0. The summed E-state index contributed by atoms with van der Waals surface area (Å²) in [5.74, 6) is -0.474. The topological polar surface area (TPSA) is 59.4 Å². The van der Waals surface area contributed by atoms with Crippen molar-refractivity contribution < 1.29 is 14.6 Å². The summed E-state index contributed by atoms with van der Waals surface area (Å²) >= 11 is 1.22. The number of carbonyl (C=O) groups is 1. The van der Waals surface area contributed by atoms with E-state index in [1.807, 2.05) is 0 Å². The van der Waals surface area contributed by atoms with Crippen molar-refractivity contribution in [1.82, 2.24) is 4.37 Å². The van der Waals surface area contributed by atoms with Crippen molar-refractivity contribution in [2.24, 2.45) is 0 Å². The Hall–Kier alpha value is -1.10. The monoisotopic (exact) mass is 159 g/mol. The third-order valence-electron chi connectivity index (χ3n) is 0.772. The molecule has 4 nitrogen and oxygen atoms in total. The van der Waals surface area contributed by atoms with Crippen LogP contribution in [0.3, 0.4) is 0 Å². The van der Waals surface area contributed by atoms with Gasteiger partial charge in [-0.1, -0.05) is 0 Å². The van der Waals surface area contributed by atoms with Crippen LogP contribution in [0.5, 0.6) is 5.75 Å². The summed E-state index contributed by atoms with van der Waals surface area (Å²) in [6.07, 6.45) is 1.48. The highest BCUT2D eigenvalue weighted by Gasteiger charge is 1.98. The smallest absolute Gasteiger partial charge is 0.341 e. The first-order valence-corrected chi connectivity index (χ1v) is 3.36. The number of rotatable bonds is 3. The molecular formula is C5H5NO3S. The van der Waals surface area contributed by atoms with Gasteiger partial charge in [-0.25, -0.2) is 4.79 Å². The highest BCUT2D eigenvalue weighted by Crippen LogP contribution is 2.10. The first-order valence-electron chi connectivity index (χ1n) is 2.53. The molecule has 0 fully saturated rings. The Labute approximate surface area is 61.2 Å². The number of hydrogen-bond donors (Lipinski definition) is 1. The first kappa shape index (κ1) is 7.01. The third kappa shape index (κ3) is 2.02. The SMILES string of the molecule is O=C(O)COc1cnsc1. The van der Waals surface area contributed by atoms with E-state index in [-0.39, 0.29) is 6.61 Å². The maximum absolute atomic E-state index is 9.95. The minimum absolute atomic E-state index is 0.307. The fraction of sp³-hybridized carbons (Fsp3) is 0.200. The highest BCUT2D eigenvalue weighted by atomic mass is 32.1. The number of nitrogens with zero attached hydrogens (tertiary/aromatic N) is 1. The predicted molar refractivity (Wildman–Crippen MR) is 35.2 cm³/mol. The van der Waals surface area contributed by atoms with E-state index in [2.05, 4.69) is 4.37 Å². The van der Waals surface area contributed by atoms with Gasteiger partial charge in [-0.05, 0) is 11.5 Å². The van der Waals surface area contributed by atoms with Gasteiger partial charge in [0.1, 0.15) is 0 Å². The van der Waals surface area contributed by atoms with E-state index in [4.69, 9.17) is 9.84 Å². The Kier molecular flexibility index (Phi) is 2.22. The molecule has 0 saturated heterocycles. The normalized spacial score (nSPS) is 9.20. The van der Waals surface area contributed by atoms with Crippen molar-refractivity contribution in [2.75, 3.05) is 6.61 Å². The van der Waals surface area contributed by atoms with Gasteiger partial charge in [-0.3, -0.25) is 0 Å². The molecule has 10 heavy (non-hydrogen) atoms. The molecule has 0 unspecified atom stereocenters. The predicted octanol–water partition coefficient (Wildman–Crippen LogP) is 0.606. The summed E-state index contributed by atoms with van der Waals surface area (Å²) in [6, 6.07) is 0. The molecule has 0 aliphatic rings. The fourth-order valence-electron chi connectivity index (χ4n) is 0.412. The molecule has 54 valence electrons. The molecule has 0 amide bonds. The number of ether oxygens (including phenoxy) is 1. The van der Waals surface area contributed by atoms with Crippen molar-refractivity contribution in [1.29, 1.82) is 0 Å². The Balaban J connectivity index is 2.35. The first-order chi connectivity index (χ1) is 4.79. The van der Waals surface area contributed by atoms with Crippen LogP contribution in [0.2, 0.25) is 0 Å². The fourth-order valence-corrected chi connectivity index (χ4v) is 0.870. The number of carboxylic acids is 1. The largest absolute Gasteiger partial charge is 0.479 e. The van der Waals surface area contributed by atoms with Crippen LogP contribution in [-0.2, 0) is 4.79 Å². The minimum atomic E-state index is -0.980. The summed E-state index contributed by atoms with van der Waals surface area (Å²) in [6.45, 7) is -0.307. The molecule has 5 heteroatoms. The van der Waals surface area contributed by atoms with Gasteiger partial charge < -0.3 is 9.84 Å². The van der Waals surface area contributed by atoms with Gasteiger partial charge in [0.15, 0.2) is 12.4 Å². The van der Waals surface area contributed by atoms with Crippen LogP contribution in [0, 0.1) is 0 Å². The highest BCUT2D eigenvalue weighted by molar-refractivity contribution is 7.03. The molecule has 0 atom stereocenters. The zero-order chi connectivity index (χ0) is 7.40. The van der Waals surface area contributed by atoms with Gasteiger partial charge in [0.2, 0.25) is 0 Å². The molecule has 1 heterocycles. The second kappa shape index (κ2) is 3.17. The van der Waals surface area contributed by atoms with Crippen molar-refractivity contribution in [2.45, 2.75) is 0 Å². The lowest BCUT2D eigenvalue weighted by Gasteiger charge is -1.95. The number of hydrogen-bond acceptors (Lipinski definition) is 4. The second-order valence-electron chi connectivity index (χ2n) is 1.54. The Bertz CT molecular complexity index is 209. The standard InChI is InChI=1S/C5H5NO3S/c7-5(8)2-9-4-1-6-10-3-4/h1,3H,2H2,(H,7,8). The van der Waals surface area contributed by atoms with E-state index in [1.165, 1.54) is 17.7 Å². The molecular weight excluding hydrogens is 154 g/mol. The summed E-state index contributed by atoms with van der Waals surface area (Å²) in [7, 11) is 0. The quantitative estimate of drug-likeness (QED) is 0.701. The molecule has 0 aliphatic heterocycles. The zero-order valence-corrected chi connectivity index (χ0v) is 5.80. The molecule has 1 aromatic rings. The van der Waals surface area contributed by atoms with Gasteiger partial charge in [0.25, 0.3) is 0 Å². The van der Waals surface area contributed by atoms with Gasteiger partial charge in [0.05, 0.1) is 11.6 Å². The molecule has 0 aromatic carbocycles.